The van der Waals surface area contributed by atoms with E-state index in [2.05, 4.69) is 10.3 Å². The highest BCUT2D eigenvalue weighted by Gasteiger charge is 2.14. The summed E-state index contributed by atoms with van der Waals surface area (Å²) in [5, 5.41) is 4.78. The zero-order valence-corrected chi connectivity index (χ0v) is 15.3. The molecule has 8 heteroatoms. The van der Waals surface area contributed by atoms with E-state index in [-0.39, 0.29) is 23.7 Å². The number of hydrogen-bond donors (Lipinski definition) is 1. The second-order valence-electron chi connectivity index (χ2n) is 5.94. The molecule has 1 aromatic carbocycles. The number of hydrogen-bond acceptors (Lipinski definition) is 5. The first-order valence-electron chi connectivity index (χ1n) is 8.35. The van der Waals surface area contributed by atoms with Crippen LogP contribution in [0.5, 0.6) is 0 Å². The van der Waals surface area contributed by atoms with Gasteiger partial charge in [0.1, 0.15) is 11.6 Å². The molecule has 140 valence electrons. The van der Waals surface area contributed by atoms with E-state index in [1.165, 1.54) is 34.1 Å². The topological polar surface area (TPSA) is 77.1 Å². The van der Waals surface area contributed by atoms with Crippen molar-refractivity contribution in [3.05, 3.63) is 93.9 Å². The average Bonchev–Trinajstić information content (AvgIpc) is 3.33. The minimum absolute atomic E-state index is 0.112. The molecule has 0 aliphatic rings. The third kappa shape index (κ3) is 3.91. The molecule has 6 nitrogen and oxygen atoms in total. The molecule has 0 radical (unpaired) electrons. The predicted molar refractivity (Wildman–Crippen MR) is 104 cm³/mol. The number of nitrogens with one attached hydrogen (secondary N) is 1. The third-order valence-corrected chi connectivity index (χ3v) is 4.71. The van der Waals surface area contributed by atoms with Crippen molar-refractivity contribution in [1.29, 1.82) is 0 Å². The summed E-state index contributed by atoms with van der Waals surface area (Å²) in [6, 6.07) is 14.1. The van der Waals surface area contributed by atoms with Gasteiger partial charge in [0.25, 0.3) is 11.5 Å². The molecule has 0 bridgehead atoms. The van der Waals surface area contributed by atoms with Crippen LogP contribution in [0.2, 0.25) is 0 Å². The Morgan fingerprint density at radius 1 is 1.18 bits per heavy atom. The molecular formula is C20H14FN3O3S. The molecular weight excluding hydrogens is 381 g/mol. The van der Waals surface area contributed by atoms with E-state index in [1.54, 1.807) is 48.0 Å². The molecule has 0 unspecified atom stereocenters. The highest BCUT2D eigenvalue weighted by atomic mass is 32.1. The van der Waals surface area contributed by atoms with Crippen molar-refractivity contribution < 1.29 is 13.6 Å². The SMILES string of the molecule is O=C(Nc1nc(-c2cccc(F)c2)cs1)c1ccc(Cn2ccccc2=O)o1. The first kappa shape index (κ1) is 17.9. The molecule has 0 atom stereocenters. The second kappa shape index (κ2) is 7.61. The Morgan fingerprint density at radius 3 is 2.89 bits per heavy atom. The van der Waals surface area contributed by atoms with Crippen LogP contribution < -0.4 is 10.9 Å². The molecule has 0 fully saturated rings. The Kier molecular flexibility index (Phi) is 4.86. The van der Waals surface area contributed by atoms with E-state index < -0.39 is 5.91 Å². The van der Waals surface area contributed by atoms with Crippen LogP contribution in [0.15, 0.2) is 75.4 Å². The molecule has 28 heavy (non-hydrogen) atoms. The number of nitrogens with zero attached hydrogens (tertiary/aromatic N) is 2. The minimum atomic E-state index is -0.452. The lowest BCUT2D eigenvalue weighted by molar-refractivity contribution is 0.0994. The van der Waals surface area contributed by atoms with Crippen LogP contribution in [0.1, 0.15) is 16.3 Å². The monoisotopic (exact) mass is 395 g/mol. The fraction of sp³-hybridized carbons (Fsp3) is 0.0500. The Balaban J connectivity index is 1.45. The van der Waals surface area contributed by atoms with Crippen molar-refractivity contribution in [1.82, 2.24) is 9.55 Å². The van der Waals surface area contributed by atoms with E-state index in [4.69, 9.17) is 4.42 Å². The van der Waals surface area contributed by atoms with Crippen molar-refractivity contribution in [2.45, 2.75) is 6.54 Å². The van der Waals surface area contributed by atoms with Gasteiger partial charge in [0.15, 0.2) is 10.9 Å². The summed E-state index contributed by atoms with van der Waals surface area (Å²) in [6.45, 7) is 0.230. The number of pyridine rings is 1. The summed E-state index contributed by atoms with van der Waals surface area (Å²) >= 11 is 1.23. The fourth-order valence-corrected chi connectivity index (χ4v) is 3.33. The molecule has 1 N–H and O–H groups in total. The first-order chi connectivity index (χ1) is 13.6. The van der Waals surface area contributed by atoms with E-state index >= 15 is 0 Å². The number of carbonyl (C=O) groups is 1. The van der Waals surface area contributed by atoms with E-state index in [0.717, 1.165) is 0 Å². The first-order valence-corrected chi connectivity index (χ1v) is 9.23. The zero-order chi connectivity index (χ0) is 19.5. The Bertz CT molecular complexity index is 1190. The number of anilines is 1. The van der Waals surface area contributed by atoms with Crippen molar-refractivity contribution >= 4 is 22.4 Å². The molecule has 1 amide bonds. The lowest BCUT2D eigenvalue weighted by atomic mass is 10.2. The summed E-state index contributed by atoms with van der Waals surface area (Å²) in [5.74, 6) is -0.206. The van der Waals surface area contributed by atoms with Crippen molar-refractivity contribution in [2.75, 3.05) is 5.32 Å². The fourth-order valence-electron chi connectivity index (χ4n) is 2.61. The van der Waals surface area contributed by atoms with Crippen molar-refractivity contribution in [3.63, 3.8) is 0 Å². The van der Waals surface area contributed by atoms with Gasteiger partial charge in [0.05, 0.1) is 12.2 Å². The van der Waals surface area contributed by atoms with Gasteiger partial charge in [-0.15, -0.1) is 11.3 Å². The molecule has 3 heterocycles. The molecule has 3 aromatic heterocycles. The molecule has 0 aliphatic carbocycles. The Morgan fingerprint density at radius 2 is 2.07 bits per heavy atom. The number of amides is 1. The predicted octanol–water partition coefficient (Wildman–Crippen LogP) is 4.00. The Labute approximate surface area is 162 Å². The third-order valence-electron chi connectivity index (χ3n) is 3.96. The summed E-state index contributed by atoms with van der Waals surface area (Å²) in [7, 11) is 0. The highest BCUT2D eigenvalue weighted by Crippen LogP contribution is 2.25. The maximum atomic E-state index is 13.3. The number of thiazole rings is 1. The van der Waals surface area contributed by atoms with Crippen molar-refractivity contribution in [2.24, 2.45) is 0 Å². The number of carbonyl (C=O) groups excluding carboxylic acids is 1. The molecule has 0 saturated carbocycles. The lowest BCUT2D eigenvalue weighted by Gasteiger charge is -2.02. The van der Waals surface area contributed by atoms with Crippen LogP contribution >= 0.6 is 11.3 Å². The van der Waals surface area contributed by atoms with Gasteiger partial charge in [0.2, 0.25) is 0 Å². The Hall–Kier alpha value is -3.52. The molecule has 4 aromatic rings. The standard InChI is InChI=1S/C20H14FN3O3S/c21-14-5-3-4-13(10-14)16-12-28-20(22-16)23-19(26)17-8-7-15(27-17)11-24-9-2-1-6-18(24)25/h1-10,12H,11H2,(H,22,23,26). The maximum Gasteiger partial charge on any atom is 0.293 e. The molecule has 4 rings (SSSR count). The van der Waals surface area contributed by atoms with E-state index in [9.17, 15) is 14.0 Å². The quantitative estimate of drug-likeness (QED) is 0.554. The van der Waals surface area contributed by atoms with E-state index in [1.807, 2.05) is 0 Å². The van der Waals surface area contributed by atoms with Gasteiger partial charge in [-0.25, -0.2) is 9.37 Å². The largest absolute Gasteiger partial charge is 0.454 e. The van der Waals surface area contributed by atoms with Gasteiger partial charge >= 0.3 is 0 Å². The summed E-state index contributed by atoms with van der Waals surface area (Å²) in [4.78, 5) is 28.4. The number of furan rings is 1. The van der Waals surface area contributed by atoms with Gasteiger partial charge in [0, 0.05) is 23.2 Å². The highest BCUT2D eigenvalue weighted by molar-refractivity contribution is 7.14. The number of aromatic nitrogens is 2. The van der Waals surface area contributed by atoms with Gasteiger partial charge in [-0.3, -0.25) is 14.9 Å². The van der Waals surface area contributed by atoms with Crippen LogP contribution in [0.3, 0.4) is 0 Å². The van der Waals surface area contributed by atoms with Crippen LogP contribution in [-0.4, -0.2) is 15.5 Å². The van der Waals surface area contributed by atoms with Crippen LogP contribution in [0.25, 0.3) is 11.3 Å². The summed E-state index contributed by atoms with van der Waals surface area (Å²) < 4.78 is 20.4. The van der Waals surface area contributed by atoms with Gasteiger partial charge < -0.3 is 8.98 Å². The lowest BCUT2D eigenvalue weighted by Crippen LogP contribution is -2.18. The summed E-state index contributed by atoms with van der Waals surface area (Å²) in [6.07, 6.45) is 1.65. The number of benzene rings is 1. The molecule has 0 spiro atoms. The van der Waals surface area contributed by atoms with Gasteiger partial charge in [-0.2, -0.15) is 0 Å². The van der Waals surface area contributed by atoms with Crippen LogP contribution in [0.4, 0.5) is 9.52 Å². The summed E-state index contributed by atoms with van der Waals surface area (Å²) in [5.41, 5.74) is 1.05. The normalized spacial score (nSPS) is 10.8. The maximum absolute atomic E-state index is 13.3. The minimum Gasteiger partial charge on any atom is -0.454 e. The number of rotatable bonds is 5. The van der Waals surface area contributed by atoms with Crippen LogP contribution in [-0.2, 0) is 6.54 Å². The van der Waals surface area contributed by atoms with Gasteiger partial charge in [-0.1, -0.05) is 18.2 Å². The van der Waals surface area contributed by atoms with Crippen LogP contribution in [0, 0.1) is 5.82 Å². The zero-order valence-electron chi connectivity index (χ0n) is 14.5. The van der Waals surface area contributed by atoms with Crippen molar-refractivity contribution in [3.8, 4) is 11.3 Å². The van der Waals surface area contributed by atoms with Gasteiger partial charge in [-0.05, 0) is 30.3 Å². The molecule has 0 saturated heterocycles. The number of halogens is 1. The average molecular weight is 395 g/mol. The van der Waals surface area contributed by atoms with E-state index in [0.29, 0.717) is 22.1 Å². The smallest absolute Gasteiger partial charge is 0.293 e. The molecule has 0 aliphatic heterocycles. The second-order valence-corrected chi connectivity index (χ2v) is 6.79.